The molecule has 2 nitrogen and oxygen atoms in total. The summed E-state index contributed by atoms with van der Waals surface area (Å²) in [6, 6.07) is 15.0. The van der Waals surface area contributed by atoms with Crippen molar-refractivity contribution in [3.8, 4) is 5.75 Å². The van der Waals surface area contributed by atoms with E-state index in [1.165, 1.54) is 0 Å². The van der Waals surface area contributed by atoms with Crippen molar-refractivity contribution < 1.29 is 9.53 Å². The van der Waals surface area contributed by atoms with Gasteiger partial charge < -0.3 is 4.74 Å². The maximum atomic E-state index is 12.2. The second kappa shape index (κ2) is 5.83. The molecule has 92 valence electrons. The summed E-state index contributed by atoms with van der Waals surface area (Å²) in [5.41, 5.74) is 1.61. The van der Waals surface area contributed by atoms with Crippen molar-refractivity contribution in [3.63, 3.8) is 0 Å². The van der Waals surface area contributed by atoms with Gasteiger partial charge in [-0.25, -0.2) is 0 Å². The maximum absolute atomic E-state index is 12.2. The summed E-state index contributed by atoms with van der Waals surface area (Å²) < 4.78 is 6.15. The van der Waals surface area contributed by atoms with E-state index in [-0.39, 0.29) is 5.78 Å². The number of halogens is 1. The second-order valence-electron chi connectivity index (χ2n) is 3.92. The average Bonchev–Trinajstić information content (AvgIpc) is 2.39. The fourth-order valence-electron chi connectivity index (χ4n) is 1.79. The Bertz CT molecular complexity index is 564. The van der Waals surface area contributed by atoms with Crippen molar-refractivity contribution in [2.75, 3.05) is 7.11 Å². The molecule has 0 atom stereocenters. The predicted molar refractivity (Wildman–Crippen MR) is 75.2 cm³/mol. The Morgan fingerprint density at radius 3 is 2.67 bits per heavy atom. The Morgan fingerprint density at radius 1 is 1.17 bits per heavy atom. The zero-order valence-corrected chi connectivity index (χ0v) is 11.6. The van der Waals surface area contributed by atoms with Gasteiger partial charge in [-0.05, 0) is 18.2 Å². The summed E-state index contributed by atoms with van der Waals surface area (Å²) in [5.74, 6) is 0.835. The van der Waals surface area contributed by atoms with Crippen molar-refractivity contribution in [1.29, 1.82) is 0 Å². The SMILES string of the molecule is COc1ccccc1CC(=O)c1cccc(Br)c1. The van der Waals surface area contributed by atoms with Crippen LogP contribution < -0.4 is 4.74 Å². The quantitative estimate of drug-likeness (QED) is 0.801. The van der Waals surface area contributed by atoms with Gasteiger partial charge in [-0.1, -0.05) is 46.3 Å². The van der Waals surface area contributed by atoms with Crippen molar-refractivity contribution in [2.24, 2.45) is 0 Å². The number of carbonyl (C=O) groups excluding carboxylic acids is 1. The molecule has 0 N–H and O–H groups in total. The number of rotatable bonds is 4. The number of benzene rings is 2. The zero-order valence-electron chi connectivity index (χ0n) is 10.0. The molecular formula is C15H13BrO2. The van der Waals surface area contributed by atoms with Crippen LogP contribution in [0.4, 0.5) is 0 Å². The molecule has 0 aliphatic rings. The molecule has 0 heterocycles. The van der Waals surface area contributed by atoms with Crippen LogP contribution in [0.2, 0.25) is 0 Å². The molecule has 0 bridgehead atoms. The molecule has 0 unspecified atom stereocenters. The minimum absolute atomic E-state index is 0.0841. The van der Waals surface area contributed by atoms with E-state index in [1.54, 1.807) is 7.11 Å². The van der Waals surface area contributed by atoms with Gasteiger partial charge in [0.2, 0.25) is 0 Å². The summed E-state index contributed by atoms with van der Waals surface area (Å²) in [6.45, 7) is 0. The summed E-state index contributed by atoms with van der Waals surface area (Å²) >= 11 is 3.37. The average molecular weight is 305 g/mol. The zero-order chi connectivity index (χ0) is 13.0. The highest BCUT2D eigenvalue weighted by molar-refractivity contribution is 9.10. The Kier molecular flexibility index (Phi) is 4.15. The molecule has 18 heavy (non-hydrogen) atoms. The van der Waals surface area contributed by atoms with Crippen molar-refractivity contribution in [3.05, 3.63) is 64.1 Å². The van der Waals surface area contributed by atoms with Crippen molar-refractivity contribution in [1.82, 2.24) is 0 Å². The first-order valence-electron chi connectivity index (χ1n) is 5.61. The van der Waals surface area contributed by atoms with Crippen LogP contribution in [0.5, 0.6) is 5.75 Å². The van der Waals surface area contributed by atoms with E-state index in [1.807, 2.05) is 48.5 Å². The highest BCUT2D eigenvalue weighted by Crippen LogP contribution is 2.20. The molecule has 2 aromatic rings. The lowest BCUT2D eigenvalue weighted by atomic mass is 10.0. The van der Waals surface area contributed by atoms with Gasteiger partial charge in [0, 0.05) is 22.0 Å². The number of Topliss-reactive ketones (excluding diaryl/α,β-unsaturated/α-hetero) is 1. The van der Waals surface area contributed by atoms with Crippen LogP contribution in [-0.4, -0.2) is 12.9 Å². The predicted octanol–water partition coefficient (Wildman–Crippen LogP) is 3.88. The van der Waals surface area contributed by atoms with Crippen LogP contribution in [0.15, 0.2) is 53.0 Å². The standard InChI is InChI=1S/C15H13BrO2/c1-18-15-8-3-2-5-12(15)10-14(17)11-6-4-7-13(16)9-11/h2-9H,10H2,1H3. The highest BCUT2D eigenvalue weighted by Gasteiger charge is 2.10. The number of ether oxygens (including phenoxy) is 1. The van der Waals surface area contributed by atoms with E-state index >= 15 is 0 Å². The third-order valence-corrected chi connectivity index (χ3v) is 3.18. The van der Waals surface area contributed by atoms with Crippen LogP contribution in [0, 0.1) is 0 Å². The molecule has 0 amide bonds. The van der Waals surface area contributed by atoms with Crippen molar-refractivity contribution in [2.45, 2.75) is 6.42 Å². The van der Waals surface area contributed by atoms with Crippen molar-refractivity contribution >= 4 is 21.7 Å². The third kappa shape index (κ3) is 2.99. The molecule has 0 aliphatic heterocycles. The van der Waals surface area contributed by atoms with Crippen LogP contribution in [0.3, 0.4) is 0 Å². The van der Waals surface area contributed by atoms with Gasteiger partial charge in [-0.3, -0.25) is 4.79 Å². The smallest absolute Gasteiger partial charge is 0.167 e. The van der Waals surface area contributed by atoms with Gasteiger partial charge in [0.25, 0.3) is 0 Å². The van der Waals surface area contributed by atoms with Gasteiger partial charge in [0.15, 0.2) is 5.78 Å². The molecule has 3 heteroatoms. The summed E-state index contributed by atoms with van der Waals surface area (Å²) in [5, 5.41) is 0. The van der Waals surface area contributed by atoms with Crippen LogP contribution in [0.1, 0.15) is 15.9 Å². The molecule has 0 aromatic heterocycles. The van der Waals surface area contributed by atoms with E-state index in [0.717, 1.165) is 15.8 Å². The minimum Gasteiger partial charge on any atom is -0.496 e. The monoisotopic (exact) mass is 304 g/mol. The lowest BCUT2D eigenvalue weighted by Crippen LogP contribution is -2.04. The molecule has 0 spiro atoms. The van der Waals surface area contributed by atoms with E-state index in [4.69, 9.17) is 4.74 Å². The largest absolute Gasteiger partial charge is 0.496 e. The number of para-hydroxylation sites is 1. The van der Waals surface area contributed by atoms with E-state index in [2.05, 4.69) is 15.9 Å². The molecule has 0 radical (unpaired) electrons. The first-order chi connectivity index (χ1) is 8.70. The Balaban J connectivity index is 2.21. The highest BCUT2D eigenvalue weighted by atomic mass is 79.9. The minimum atomic E-state index is 0.0841. The van der Waals surface area contributed by atoms with Crippen LogP contribution in [0.25, 0.3) is 0 Å². The molecule has 0 saturated heterocycles. The number of hydrogen-bond donors (Lipinski definition) is 0. The van der Waals surface area contributed by atoms with Gasteiger partial charge in [0.1, 0.15) is 5.75 Å². The maximum Gasteiger partial charge on any atom is 0.167 e. The lowest BCUT2D eigenvalue weighted by Gasteiger charge is -2.07. The summed E-state index contributed by atoms with van der Waals surface area (Å²) in [6.07, 6.45) is 0.348. The number of carbonyl (C=O) groups is 1. The molecular weight excluding hydrogens is 292 g/mol. The normalized spacial score (nSPS) is 10.1. The molecule has 2 rings (SSSR count). The van der Waals surface area contributed by atoms with Gasteiger partial charge in [0.05, 0.1) is 7.11 Å². The van der Waals surface area contributed by atoms with Gasteiger partial charge in [-0.15, -0.1) is 0 Å². The van der Waals surface area contributed by atoms with Gasteiger partial charge in [-0.2, -0.15) is 0 Å². The topological polar surface area (TPSA) is 26.3 Å². The van der Waals surface area contributed by atoms with E-state index in [9.17, 15) is 4.79 Å². The summed E-state index contributed by atoms with van der Waals surface area (Å²) in [4.78, 5) is 12.2. The molecule has 0 fully saturated rings. The number of methoxy groups -OCH3 is 1. The lowest BCUT2D eigenvalue weighted by molar-refractivity contribution is 0.0992. The van der Waals surface area contributed by atoms with Gasteiger partial charge >= 0.3 is 0 Å². The fraction of sp³-hybridized carbons (Fsp3) is 0.133. The van der Waals surface area contributed by atoms with E-state index < -0.39 is 0 Å². The second-order valence-corrected chi connectivity index (χ2v) is 4.84. The number of hydrogen-bond acceptors (Lipinski definition) is 2. The molecule has 2 aromatic carbocycles. The number of ketones is 1. The first-order valence-corrected chi connectivity index (χ1v) is 6.40. The van der Waals surface area contributed by atoms with Crippen LogP contribution in [-0.2, 0) is 6.42 Å². The van der Waals surface area contributed by atoms with E-state index in [0.29, 0.717) is 12.0 Å². The van der Waals surface area contributed by atoms with Crippen LogP contribution >= 0.6 is 15.9 Å². The summed E-state index contributed by atoms with van der Waals surface area (Å²) in [7, 11) is 1.61. The molecule has 0 saturated carbocycles. The molecule has 0 aliphatic carbocycles. The fourth-order valence-corrected chi connectivity index (χ4v) is 2.19. The Hall–Kier alpha value is -1.61. The first kappa shape index (κ1) is 12.8. The Labute approximate surface area is 115 Å². The third-order valence-electron chi connectivity index (χ3n) is 2.69. The Morgan fingerprint density at radius 2 is 1.94 bits per heavy atom.